The minimum Gasteiger partial charge on any atom is -0.351 e. The Morgan fingerprint density at radius 1 is 1.33 bits per heavy atom. The molecule has 1 aromatic rings. The van der Waals surface area contributed by atoms with Crippen LogP contribution in [0.4, 0.5) is 19.0 Å². The lowest BCUT2D eigenvalue weighted by molar-refractivity contribution is -0.119. The largest absolute Gasteiger partial charge is 0.405 e. The molecule has 0 saturated carbocycles. The van der Waals surface area contributed by atoms with Gasteiger partial charge in [-0.15, -0.1) is 0 Å². The molecule has 0 aromatic carbocycles. The average molecular weight is 261 g/mol. The Labute approximate surface area is 105 Å². The molecule has 102 valence electrons. The van der Waals surface area contributed by atoms with E-state index < -0.39 is 12.7 Å². The van der Waals surface area contributed by atoms with Crippen LogP contribution in [0, 0.1) is 6.92 Å². The number of aromatic nitrogens is 1. The molecular formula is C12H18F3N3. The number of rotatable bonds is 5. The van der Waals surface area contributed by atoms with Gasteiger partial charge in [0, 0.05) is 19.3 Å². The Balaban J connectivity index is 2.84. The maximum absolute atomic E-state index is 12.3. The third-order valence-corrected chi connectivity index (χ3v) is 2.39. The summed E-state index contributed by atoms with van der Waals surface area (Å²) in [5.74, 6) is 0.347. The zero-order valence-corrected chi connectivity index (χ0v) is 10.8. The Hall–Kier alpha value is -1.30. The molecule has 0 spiro atoms. The predicted molar refractivity (Wildman–Crippen MR) is 65.7 cm³/mol. The van der Waals surface area contributed by atoms with Gasteiger partial charge in [0.1, 0.15) is 12.4 Å². The molecule has 1 N–H and O–H groups in total. The van der Waals surface area contributed by atoms with E-state index in [1.54, 1.807) is 13.0 Å². The maximum Gasteiger partial charge on any atom is 0.405 e. The van der Waals surface area contributed by atoms with E-state index in [1.165, 1.54) is 7.05 Å². The Kier molecular flexibility index (Phi) is 4.95. The van der Waals surface area contributed by atoms with Gasteiger partial charge in [-0.25, -0.2) is 4.98 Å². The zero-order valence-electron chi connectivity index (χ0n) is 10.8. The molecule has 0 aliphatic carbocycles. The second-order valence-corrected chi connectivity index (χ2v) is 4.23. The van der Waals surface area contributed by atoms with Crippen LogP contribution in [0.2, 0.25) is 0 Å². The van der Waals surface area contributed by atoms with Crippen molar-refractivity contribution < 1.29 is 13.2 Å². The Morgan fingerprint density at radius 2 is 2.00 bits per heavy atom. The minimum absolute atomic E-state index is 0.347. The molecule has 0 fully saturated rings. The SMILES string of the molecule is CCNCc1cc(C)nc(N(C)CC(F)(F)F)c1. The molecule has 18 heavy (non-hydrogen) atoms. The van der Waals surface area contributed by atoms with Crippen molar-refractivity contribution in [2.24, 2.45) is 0 Å². The summed E-state index contributed by atoms with van der Waals surface area (Å²) in [6, 6.07) is 3.55. The van der Waals surface area contributed by atoms with Crippen LogP contribution in [0.15, 0.2) is 12.1 Å². The second kappa shape index (κ2) is 6.04. The van der Waals surface area contributed by atoms with Crippen molar-refractivity contribution in [3.05, 3.63) is 23.4 Å². The summed E-state index contributed by atoms with van der Waals surface area (Å²) in [7, 11) is 1.40. The van der Waals surface area contributed by atoms with Crippen LogP contribution in [0.1, 0.15) is 18.2 Å². The molecule has 0 saturated heterocycles. The van der Waals surface area contributed by atoms with Crippen LogP contribution in [0.25, 0.3) is 0 Å². The minimum atomic E-state index is -4.22. The van der Waals surface area contributed by atoms with E-state index in [2.05, 4.69) is 10.3 Å². The molecule has 0 aliphatic rings. The third kappa shape index (κ3) is 4.91. The fraction of sp³-hybridized carbons (Fsp3) is 0.583. The fourth-order valence-corrected chi connectivity index (χ4v) is 1.64. The highest BCUT2D eigenvalue weighted by Crippen LogP contribution is 2.20. The highest BCUT2D eigenvalue weighted by molar-refractivity contribution is 5.42. The van der Waals surface area contributed by atoms with E-state index in [9.17, 15) is 13.2 Å². The van der Waals surface area contributed by atoms with Crippen LogP contribution in [0.3, 0.4) is 0 Å². The van der Waals surface area contributed by atoms with Gasteiger partial charge in [-0.3, -0.25) is 0 Å². The quantitative estimate of drug-likeness (QED) is 0.882. The van der Waals surface area contributed by atoms with Crippen LogP contribution >= 0.6 is 0 Å². The lowest BCUT2D eigenvalue weighted by Gasteiger charge is -2.21. The van der Waals surface area contributed by atoms with Gasteiger partial charge in [-0.05, 0) is 31.2 Å². The fourth-order valence-electron chi connectivity index (χ4n) is 1.64. The van der Waals surface area contributed by atoms with Crippen molar-refractivity contribution in [2.75, 3.05) is 25.0 Å². The molecule has 0 aliphatic heterocycles. The Morgan fingerprint density at radius 3 is 2.56 bits per heavy atom. The van der Waals surface area contributed by atoms with Crippen molar-refractivity contribution >= 4 is 5.82 Å². The van der Waals surface area contributed by atoms with Crippen molar-refractivity contribution in [2.45, 2.75) is 26.6 Å². The lowest BCUT2D eigenvalue weighted by Crippen LogP contribution is -2.31. The molecule has 0 radical (unpaired) electrons. The van der Waals surface area contributed by atoms with E-state index in [0.29, 0.717) is 12.4 Å². The van der Waals surface area contributed by atoms with E-state index >= 15 is 0 Å². The summed E-state index contributed by atoms with van der Waals surface area (Å²) in [5, 5.41) is 3.14. The summed E-state index contributed by atoms with van der Waals surface area (Å²) in [4.78, 5) is 5.24. The number of pyridine rings is 1. The maximum atomic E-state index is 12.3. The van der Waals surface area contributed by atoms with Crippen molar-refractivity contribution in [1.82, 2.24) is 10.3 Å². The number of alkyl halides is 3. The Bertz CT molecular complexity index is 391. The first-order chi connectivity index (χ1) is 8.31. The van der Waals surface area contributed by atoms with E-state index in [0.717, 1.165) is 22.7 Å². The number of nitrogens with one attached hydrogen (secondary N) is 1. The van der Waals surface area contributed by atoms with E-state index in [1.807, 2.05) is 13.0 Å². The first-order valence-electron chi connectivity index (χ1n) is 5.78. The lowest BCUT2D eigenvalue weighted by atomic mass is 10.2. The van der Waals surface area contributed by atoms with Gasteiger partial charge < -0.3 is 10.2 Å². The molecule has 6 heteroatoms. The molecule has 0 bridgehead atoms. The van der Waals surface area contributed by atoms with E-state index in [4.69, 9.17) is 0 Å². The number of nitrogens with zero attached hydrogens (tertiary/aromatic N) is 2. The molecule has 3 nitrogen and oxygen atoms in total. The number of halogens is 3. The first kappa shape index (κ1) is 14.8. The van der Waals surface area contributed by atoms with Crippen molar-refractivity contribution in [3.63, 3.8) is 0 Å². The van der Waals surface area contributed by atoms with Gasteiger partial charge in [-0.2, -0.15) is 13.2 Å². The van der Waals surface area contributed by atoms with Gasteiger partial charge in [0.2, 0.25) is 0 Å². The normalized spacial score (nSPS) is 11.7. The topological polar surface area (TPSA) is 28.2 Å². The van der Waals surface area contributed by atoms with Gasteiger partial charge in [-0.1, -0.05) is 6.92 Å². The highest BCUT2D eigenvalue weighted by Gasteiger charge is 2.29. The number of anilines is 1. The molecule has 0 unspecified atom stereocenters. The van der Waals surface area contributed by atoms with Gasteiger partial charge >= 0.3 is 6.18 Å². The van der Waals surface area contributed by atoms with Crippen LogP contribution < -0.4 is 10.2 Å². The summed E-state index contributed by atoms with van der Waals surface area (Å²) >= 11 is 0. The summed E-state index contributed by atoms with van der Waals surface area (Å²) in [6.45, 7) is 4.21. The number of hydrogen-bond acceptors (Lipinski definition) is 3. The molecule has 1 heterocycles. The standard InChI is InChI=1S/C12H18F3N3/c1-4-16-7-10-5-9(2)17-11(6-10)18(3)8-12(13,14)15/h5-6,16H,4,7-8H2,1-3H3. The van der Waals surface area contributed by atoms with Gasteiger partial charge in [0.25, 0.3) is 0 Å². The molecular weight excluding hydrogens is 243 g/mol. The molecule has 0 atom stereocenters. The summed E-state index contributed by atoms with van der Waals surface area (Å²) in [5.41, 5.74) is 1.66. The zero-order chi connectivity index (χ0) is 13.8. The molecule has 1 aromatic heterocycles. The van der Waals surface area contributed by atoms with Gasteiger partial charge in [0.05, 0.1) is 0 Å². The predicted octanol–water partition coefficient (Wildman–Crippen LogP) is 2.50. The van der Waals surface area contributed by atoms with Crippen LogP contribution in [-0.4, -0.2) is 31.3 Å². The first-order valence-corrected chi connectivity index (χ1v) is 5.78. The molecule has 1 rings (SSSR count). The second-order valence-electron chi connectivity index (χ2n) is 4.23. The summed E-state index contributed by atoms with van der Waals surface area (Å²) in [6.07, 6.45) is -4.22. The third-order valence-electron chi connectivity index (χ3n) is 2.39. The van der Waals surface area contributed by atoms with Crippen molar-refractivity contribution in [3.8, 4) is 0 Å². The monoisotopic (exact) mass is 261 g/mol. The summed E-state index contributed by atoms with van der Waals surface area (Å²) < 4.78 is 36.9. The van der Waals surface area contributed by atoms with Gasteiger partial charge in [0.15, 0.2) is 0 Å². The van der Waals surface area contributed by atoms with Crippen molar-refractivity contribution in [1.29, 1.82) is 0 Å². The van der Waals surface area contributed by atoms with E-state index in [-0.39, 0.29) is 0 Å². The van der Waals surface area contributed by atoms with Crippen LogP contribution in [0.5, 0.6) is 0 Å². The number of aryl methyl sites for hydroxylation is 1. The smallest absolute Gasteiger partial charge is 0.351 e. The average Bonchev–Trinajstić information content (AvgIpc) is 2.23. The van der Waals surface area contributed by atoms with Crippen LogP contribution in [-0.2, 0) is 6.54 Å². The number of hydrogen-bond donors (Lipinski definition) is 1. The highest BCUT2D eigenvalue weighted by atomic mass is 19.4. The molecule has 0 amide bonds.